The van der Waals surface area contributed by atoms with E-state index in [-0.39, 0.29) is 0 Å². The van der Waals surface area contributed by atoms with E-state index < -0.39 is 8.07 Å². The molecule has 0 saturated carbocycles. The average molecular weight is 832 g/mol. The third-order valence-corrected chi connectivity index (χ3v) is 18.3. The maximum absolute atomic E-state index is 2.98. The van der Waals surface area contributed by atoms with Crippen LogP contribution in [0.1, 0.15) is 0 Å². The Morgan fingerprint density at radius 2 is 0.625 bits per heavy atom. The quantitative estimate of drug-likeness (QED) is 0.112. The van der Waals surface area contributed by atoms with Gasteiger partial charge in [0.05, 0.1) is 38.8 Å². The summed E-state index contributed by atoms with van der Waals surface area (Å²) in [6, 6.07) is 92.5. The highest BCUT2D eigenvalue weighted by Gasteiger charge is 2.42. The first kappa shape index (κ1) is 36.5. The lowest BCUT2D eigenvalue weighted by Crippen LogP contribution is -2.74. The van der Waals surface area contributed by atoms with Gasteiger partial charge in [0.25, 0.3) is 0 Å². The van der Waals surface area contributed by atoms with Gasteiger partial charge < -0.3 is 13.7 Å². The van der Waals surface area contributed by atoms with Gasteiger partial charge in [0.2, 0.25) is 0 Å². The van der Waals surface area contributed by atoms with Crippen LogP contribution in [0.25, 0.3) is 82.5 Å². The van der Waals surface area contributed by atoms with Crippen LogP contribution in [0.3, 0.4) is 0 Å². The van der Waals surface area contributed by atoms with E-state index >= 15 is 0 Å². The number of benzene rings is 10. The lowest BCUT2D eigenvalue weighted by Gasteiger charge is -2.35. The van der Waals surface area contributed by atoms with Gasteiger partial charge in [-0.15, -0.1) is 0 Å². The van der Waals surface area contributed by atoms with Crippen LogP contribution in [0.15, 0.2) is 249 Å². The van der Waals surface area contributed by atoms with Crippen molar-refractivity contribution in [2.24, 2.45) is 0 Å². The van der Waals surface area contributed by atoms with Crippen LogP contribution in [0, 0.1) is 0 Å². The molecule has 0 fully saturated rings. The SMILES string of the molecule is c1ccc(-n2c3ccccc3c3ccc(-n4c5ccccc5c5cc([Si](c6ccccc6)(c6ccccc6)c6ccccc6)cc(-n6c7ccccc7c7ccccc76)c54)cc32)cc1. The van der Waals surface area contributed by atoms with Crippen molar-refractivity contribution >= 4 is 94.2 Å². The molecule has 3 aromatic heterocycles. The van der Waals surface area contributed by atoms with Crippen molar-refractivity contribution in [1.29, 1.82) is 0 Å². The Hall–Kier alpha value is -8.18. The first-order chi connectivity index (χ1) is 31.8. The van der Waals surface area contributed by atoms with E-state index in [0.29, 0.717) is 0 Å². The molecule has 0 aliphatic carbocycles. The second-order valence-electron chi connectivity index (χ2n) is 16.9. The zero-order chi connectivity index (χ0) is 42.2. The number of aromatic nitrogens is 3. The van der Waals surface area contributed by atoms with Crippen molar-refractivity contribution in [3.63, 3.8) is 0 Å². The number of hydrogen-bond acceptors (Lipinski definition) is 0. The second-order valence-corrected chi connectivity index (χ2v) is 20.7. The highest BCUT2D eigenvalue weighted by atomic mass is 28.3. The molecule has 0 unspecified atom stereocenters. The van der Waals surface area contributed by atoms with E-state index in [2.05, 4.69) is 262 Å². The third kappa shape index (κ3) is 5.27. The minimum Gasteiger partial charge on any atom is -0.309 e. The summed E-state index contributed by atoms with van der Waals surface area (Å²) in [6.45, 7) is 0. The molecule has 0 bridgehead atoms. The average Bonchev–Trinajstić information content (AvgIpc) is 4.01. The summed E-state index contributed by atoms with van der Waals surface area (Å²) in [6.07, 6.45) is 0. The molecule has 10 aromatic carbocycles. The van der Waals surface area contributed by atoms with Crippen molar-refractivity contribution < 1.29 is 0 Å². The lowest BCUT2D eigenvalue weighted by atomic mass is 10.1. The topological polar surface area (TPSA) is 14.8 Å². The van der Waals surface area contributed by atoms with Gasteiger partial charge in [-0.25, -0.2) is 0 Å². The molecule has 13 rings (SSSR count). The van der Waals surface area contributed by atoms with Crippen LogP contribution >= 0.6 is 0 Å². The van der Waals surface area contributed by atoms with Crippen molar-refractivity contribution in [3.8, 4) is 17.1 Å². The predicted molar refractivity (Wildman–Crippen MR) is 273 cm³/mol. The van der Waals surface area contributed by atoms with Gasteiger partial charge in [0.15, 0.2) is 8.07 Å². The van der Waals surface area contributed by atoms with E-state index in [1.807, 2.05) is 0 Å². The molecule has 13 aromatic rings. The van der Waals surface area contributed by atoms with Gasteiger partial charge in [-0.3, -0.25) is 0 Å². The summed E-state index contributed by atoms with van der Waals surface area (Å²) in [5.74, 6) is 0. The fourth-order valence-electron chi connectivity index (χ4n) is 10.9. The molecule has 0 saturated heterocycles. The molecule has 3 heterocycles. The van der Waals surface area contributed by atoms with Crippen molar-refractivity contribution in [2.75, 3.05) is 0 Å². The van der Waals surface area contributed by atoms with Crippen molar-refractivity contribution in [1.82, 2.24) is 13.7 Å². The summed E-state index contributed by atoms with van der Waals surface area (Å²) >= 11 is 0. The number of nitrogens with zero attached hydrogens (tertiary/aromatic N) is 3. The first-order valence-electron chi connectivity index (χ1n) is 22.1. The molecule has 0 atom stereocenters. The van der Waals surface area contributed by atoms with E-state index in [1.165, 1.54) is 86.2 Å². The molecule has 300 valence electrons. The minimum atomic E-state index is -2.98. The van der Waals surface area contributed by atoms with Gasteiger partial charge in [-0.05, 0) is 75.3 Å². The molecule has 0 spiro atoms. The first-order valence-corrected chi connectivity index (χ1v) is 24.1. The van der Waals surface area contributed by atoms with Crippen LogP contribution in [-0.2, 0) is 0 Å². The van der Waals surface area contributed by atoms with Crippen LogP contribution < -0.4 is 20.7 Å². The molecule has 0 N–H and O–H groups in total. The Balaban J connectivity index is 1.23. The molecular weight excluding hydrogens is 791 g/mol. The number of rotatable bonds is 7. The monoisotopic (exact) mass is 831 g/mol. The Bertz CT molecular complexity index is 3730. The van der Waals surface area contributed by atoms with E-state index in [1.54, 1.807) is 0 Å². The fraction of sp³-hybridized carbons (Fsp3) is 0. The highest BCUT2D eigenvalue weighted by Crippen LogP contribution is 2.41. The van der Waals surface area contributed by atoms with Crippen molar-refractivity contribution in [3.05, 3.63) is 249 Å². The minimum absolute atomic E-state index is 1.12. The van der Waals surface area contributed by atoms with Gasteiger partial charge >= 0.3 is 0 Å². The normalized spacial score (nSPS) is 12.1. The molecule has 0 radical (unpaired) electrons. The summed E-state index contributed by atoms with van der Waals surface area (Å²) in [4.78, 5) is 0. The zero-order valence-electron chi connectivity index (χ0n) is 35.0. The Labute approximate surface area is 372 Å². The van der Waals surface area contributed by atoms with Crippen LogP contribution in [-0.4, -0.2) is 21.8 Å². The standard InChI is InChI=1S/C60H41N3Si/c1-5-21-42(22-6-1)61-54-33-17-13-31-50(54)52-38-37-43(39-58(52)61)62-55-34-18-16-32-51(55)53-40-47(41-59(60(53)62)63-56-35-19-14-29-48(56)49-30-15-20-36-57(49)63)64(44-23-7-2-8-24-44,45-25-9-3-10-26-45)46-27-11-4-12-28-46/h1-41H. The maximum atomic E-state index is 2.56. The van der Waals surface area contributed by atoms with Gasteiger partial charge in [0.1, 0.15) is 0 Å². The molecule has 3 nitrogen and oxygen atoms in total. The Morgan fingerprint density at radius 3 is 1.12 bits per heavy atom. The lowest BCUT2D eigenvalue weighted by molar-refractivity contribution is 1.13. The van der Waals surface area contributed by atoms with Crippen molar-refractivity contribution in [2.45, 2.75) is 0 Å². The van der Waals surface area contributed by atoms with Gasteiger partial charge in [-0.1, -0.05) is 194 Å². The molecule has 64 heavy (non-hydrogen) atoms. The van der Waals surface area contributed by atoms with Crippen LogP contribution in [0.5, 0.6) is 0 Å². The van der Waals surface area contributed by atoms with E-state index in [9.17, 15) is 0 Å². The van der Waals surface area contributed by atoms with Crippen LogP contribution in [0.2, 0.25) is 0 Å². The summed E-state index contributed by atoms with van der Waals surface area (Å²) in [5, 5.41) is 12.8. The predicted octanol–water partition coefficient (Wildman–Crippen LogP) is 12.4. The fourth-order valence-corrected chi connectivity index (χ4v) is 15.7. The van der Waals surface area contributed by atoms with Gasteiger partial charge in [0, 0.05) is 43.7 Å². The molecule has 0 amide bonds. The number of hydrogen-bond donors (Lipinski definition) is 0. The number of fused-ring (bicyclic) bond motifs is 9. The molecule has 0 aliphatic rings. The van der Waals surface area contributed by atoms with Gasteiger partial charge in [-0.2, -0.15) is 0 Å². The molecular formula is C60H41N3Si. The van der Waals surface area contributed by atoms with E-state index in [0.717, 1.165) is 17.1 Å². The Kier molecular flexibility index (Phi) is 8.23. The highest BCUT2D eigenvalue weighted by molar-refractivity contribution is 7.20. The summed E-state index contributed by atoms with van der Waals surface area (Å²) < 4.78 is 7.51. The van der Waals surface area contributed by atoms with Crippen LogP contribution in [0.4, 0.5) is 0 Å². The maximum Gasteiger partial charge on any atom is 0.179 e. The molecule has 0 aliphatic heterocycles. The van der Waals surface area contributed by atoms with E-state index in [4.69, 9.17) is 0 Å². The summed E-state index contributed by atoms with van der Waals surface area (Å²) in [5.41, 5.74) is 10.5. The second kappa shape index (κ2) is 14.5. The summed E-state index contributed by atoms with van der Waals surface area (Å²) in [7, 11) is -2.98. The number of para-hydroxylation sites is 5. The largest absolute Gasteiger partial charge is 0.309 e. The third-order valence-electron chi connectivity index (χ3n) is 13.6. The molecule has 4 heteroatoms. The Morgan fingerprint density at radius 1 is 0.234 bits per heavy atom. The zero-order valence-corrected chi connectivity index (χ0v) is 36.0. The smallest absolute Gasteiger partial charge is 0.179 e.